The molecule has 2 aromatic rings. The Morgan fingerprint density at radius 3 is 1.83 bits per heavy atom. The van der Waals surface area contributed by atoms with Gasteiger partial charge in [-0.1, -0.05) is 82.4 Å². The third-order valence-electron chi connectivity index (χ3n) is 5.18. The largest absolute Gasteiger partial charge is 0.257 e. The summed E-state index contributed by atoms with van der Waals surface area (Å²) in [6.07, 6.45) is 0. The van der Waals surface area contributed by atoms with Crippen molar-refractivity contribution in [1.82, 2.24) is 0 Å². The second-order valence-electron chi connectivity index (χ2n) is 7.94. The second-order valence-corrected chi connectivity index (χ2v) is 13.2. The maximum absolute atomic E-state index is 5.24. The molecule has 2 aromatic carbocycles. The Labute approximate surface area is 142 Å². The van der Waals surface area contributed by atoms with Crippen LogP contribution in [0.3, 0.4) is 0 Å². The maximum atomic E-state index is 5.24. The van der Waals surface area contributed by atoms with Gasteiger partial charge in [0.1, 0.15) is 8.07 Å². The fourth-order valence-electron chi connectivity index (χ4n) is 2.61. The van der Waals surface area contributed by atoms with E-state index in [0.29, 0.717) is 0 Å². The highest BCUT2D eigenvalue weighted by Crippen LogP contribution is 2.39. The summed E-state index contributed by atoms with van der Waals surface area (Å²) in [5.74, 6) is 0. The molecular formula is C21H29NSi. The molecule has 23 heavy (non-hydrogen) atoms. The third kappa shape index (κ3) is 3.64. The first-order chi connectivity index (χ1) is 10.6. The van der Waals surface area contributed by atoms with Crippen LogP contribution in [0.4, 0.5) is 5.69 Å². The van der Waals surface area contributed by atoms with Gasteiger partial charge in [-0.3, -0.25) is 4.99 Å². The predicted molar refractivity (Wildman–Crippen MR) is 106 cm³/mol. The Kier molecular flexibility index (Phi) is 4.95. The molecule has 2 heteroatoms. The molecule has 0 atom stereocenters. The Morgan fingerprint density at radius 2 is 1.35 bits per heavy atom. The Balaban J connectivity index is 2.71. The number of hydrogen-bond donors (Lipinski definition) is 0. The van der Waals surface area contributed by atoms with Crippen LogP contribution in [0.2, 0.25) is 18.1 Å². The third-order valence-corrected chi connectivity index (χ3v) is 10.5. The summed E-state index contributed by atoms with van der Waals surface area (Å²) in [4.78, 5) is 5.24. The second kappa shape index (κ2) is 6.44. The zero-order chi connectivity index (χ0) is 17.3. The van der Waals surface area contributed by atoms with Crippen molar-refractivity contribution in [3.63, 3.8) is 0 Å². The minimum Gasteiger partial charge on any atom is -0.257 e. The highest BCUT2D eigenvalue weighted by atomic mass is 28.3. The van der Waals surface area contributed by atoms with Crippen molar-refractivity contribution in [1.29, 1.82) is 0 Å². The molecule has 0 aromatic heterocycles. The first kappa shape index (κ1) is 17.7. The van der Waals surface area contributed by atoms with Gasteiger partial charge in [-0.15, -0.1) is 0 Å². The topological polar surface area (TPSA) is 12.4 Å². The first-order valence-electron chi connectivity index (χ1n) is 8.35. The van der Waals surface area contributed by atoms with Gasteiger partial charge in [0.2, 0.25) is 0 Å². The van der Waals surface area contributed by atoms with E-state index in [1.54, 1.807) is 0 Å². The molecule has 0 fully saturated rings. The molecule has 0 aliphatic heterocycles. The number of benzene rings is 2. The van der Waals surface area contributed by atoms with Gasteiger partial charge in [0.05, 0.1) is 5.69 Å². The van der Waals surface area contributed by atoms with Gasteiger partial charge in [0.15, 0.2) is 0 Å². The van der Waals surface area contributed by atoms with Crippen LogP contribution in [0.5, 0.6) is 0 Å². The van der Waals surface area contributed by atoms with Crippen LogP contribution in [-0.2, 0) is 0 Å². The van der Waals surface area contributed by atoms with Gasteiger partial charge in [-0.05, 0) is 35.6 Å². The van der Waals surface area contributed by atoms with Crippen LogP contribution in [0.15, 0.2) is 53.5 Å². The lowest BCUT2D eigenvalue weighted by atomic mass is 10.1. The molecule has 0 spiro atoms. The maximum Gasteiger partial charge on any atom is 0.110 e. The fourth-order valence-corrected chi connectivity index (χ4v) is 4.60. The number of nitrogens with zero attached hydrogens (tertiary/aromatic N) is 1. The number of aliphatic imine (C=N–C) groups is 1. The highest BCUT2D eigenvalue weighted by molar-refractivity contribution is 7.09. The van der Waals surface area contributed by atoms with E-state index in [1.807, 2.05) is 0 Å². The van der Waals surface area contributed by atoms with Crippen LogP contribution >= 0.6 is 0 Å². The van der Waals surface area contributed by atoms with E-state index in [2.05, 4.69) is 96.2 Å². The molecule has 0 aliphatic carbocycles. The van der Waals surface area contributed by atoms with Crippen LogP contribution in [0.1, 0.15) is 37.5 Å². The SMILES string of the molecule is Cc1cccc(C)c1N=C(c1ccccc1)[Si](C)(C)C(C)(C)C. The van der Waals surface area contributed by atoms with Crippen LogP contribution < -0.4 is 0 Å². The monoisotopic (exact) mass is 323 g/mol. The number of aryl methyl sites for hydroxylation is 2. The van der Waals surface area contributed by atoms with E-state index in [-0.39, 0.29) is 5.04 Å². The summed E-state index contributed by atoms with van der Waals surface area (Å²) in [6.45, 7) is 16.2. The zero-order valence-electron chi connectivity index (χ0n) is 15.6. The summed E-state index contributed by atoms with van der Waals surface area (Å²) in [5, 5.41) is 1.54. The van der Waals surface area contributed by atoms with Crippen LogP contribution in [0.25, 0.3) is 0 Å². The van der Waals surface area contributed by atoms with Crippen molar-refractivity contribution in [2.75, 3.05) is 0 Å². The molecule has 0 saturated heterocycles. The number of para-hydroxylation sites is 1. The van der Waals surface area contributed by atoms with Gasteiger partial charge >= 0.3 is 0 Å². The van der Waals surface area contributed by atoms with Crippen LogP contribution in [-0.4, -0.2) is 13.4 Å². The molecule has 0 aliphatic rings. The van der Waals surface area contributed by atoms with Gasteiger partial charge in [0.25, 0.3) is 0 Å². The summed E-state index contributed by atoms with van der Waals surface area (Å²) >= 11 is 0. The van der Waals surface area contributed by atoms with E-state index in [0.717, 1.165) is 5.69 Å². The van der Waals surface area contributed by atoms with Gasteiger partial charge in [-0.2, -0.15) is 0 Å². The van der Waals surface area contributed by atoms with E-state index in [9.17, 15) is 0 Å². The lowest BCUT2D eigenvalue weighted by molar-refractivity contribution is 0.732. The number of rotatable bonds is 3. The molecule has 0 heterocycles. The molecular weight excluding hydrogens is 294 g/mol. The molecule has 2 rings (SSSR count). The molecule has 0 N–H and O–H groups in total. The van der Waals surface area contributed by atoms with Gasteiger partial charge < -0.3 is 0 Å². The summed E-state index contributed by atoms with van der Waals surface area (Å²) in [6, 6.07) is 17.1. The average molecular weight is 324 g/mol. The van der Waals surface area contributed by atoms with Crippen molar-refractivity contribution in [3.8, 4) is 0 Å². The smallest absolute Gasteiger partial charge is 0.110 e. The fraction of sp³-hybridized carbons (Fsp3) is 0.381. The minimum atomic E-state index is -1.75. The van der Waals surface area contributed by atoms with Crippen molar-refractivity contribution in [3.05, 3.63) is 65.2 Å². The molecule has 0 unspecified atom stereocenters. The van der Waals surface area contributed by atoms with Crippen LogP contribution in [0, 0.1) is 13.8 Å². The number of hydrogen-bond acceptors (Lipinski definition) is 1. The molecule has 0 radical (unpaired) electrons. The Hall–Kier alpha value is -1.67. The van der Waals surface area contributed by atoms with Gasteiger partial charge in [-0.25, -0.2) is 0 Å². The highest BCUT2D eigenvalue weighted by Gasteiger charge is 2.40. The Morgan fingerprint density at radius 1 is 0.826 bits per heavy atom. The lowest BCUT2D eigenvalue weighted by Gasteiger charge is -2.38. The molecule has 1 nitrogen and oxygen atoms in total. The normalized spacial score (nSPS) is 13.3. The molecule has 122 valence electrons. The van der Waals surface area contributed by atoms with E-state index in [1.165, 1.54) is 22.0 Å². The molecule has 0 amide bonds. The Bertz CT molecular complexity index is 686. The minimum absolute atomic E-state index is 0.248. The van der Waals surface area contributed by atoms with E-state index < -0.39 is 8.07 Å². The predicted octanol–water partition coefficient (Wildman–Crippen LogP) is 6.47. The van der Waals surface area contributed by atoms with Gasteiger partial charge in [0, 0.05) is 5.33 Å². The van der Waals surface area contributed by atoms with Crippen molar-refractivity contribution in [2.45, 2.75) is 52.8 Å². The summed E-state index contributed by atoms with van der Waals surface area (Å²) < 4.78 is 0. The summed E-state index contributed by atoms with van der Waals surface area (Å²) in [5.41, 5.74) is 4.90. The van der Waals surface area contributed by atoms with Crippen molar-refractivity contribution in [2.24, 2.45) is 4.99 Å². The van der Waals surface area contributed by atoms with Crippen molar-refractivity contribution < 1.29 is 0 Å². The molecule has 0 saturated carbocycles. The zero-order valence-corrected chi connectivity index (χ0v) is 16.6. The summed E-state index contributed by atoms with van der Waals surface area (Å²) in [7, 11) is -1.75. The molecule has 0 bridgehead atoms. The van der Waals surface area contributed by atoms with E-state index >= 15 is 0 Å². The quantitative estimate of drug-likeness (QED) is 0.453. The van der Waals surface area contributed by atoms with Crippen molar-refractivity contribution >= 4 is 19.1 Å². The standard InChI is InChI=1S/C21H29NSi/c1-16-12-11-13-17(2)19(16)22-20(18-14-9-8-10-15-18)23(6,7)21(3,4)5/h8-15H,1-7H3. The lowest BCUT2D eigenvalue weighted by Crippen LogP contribution is -2.46. The average Bonchev–Trinajstić information content (AvgIpc) is 2.46. The van der Waals surface area contributed by atoms with E-state index in [4.69, 9.17) is 4.99 Å². The first-order valence-corrected chi connectivity index (χ1v) is 11.4.